The van der Waals surface area contributed by atoms with E-state index in [9.17, 15) is 0 Å². The molecule has 1 aromatic carbocycles. The van der Waals surface area contributed by atoms with Crippen LogP contribution in [0.25, 0.3) is 0 Å². The van der Waals surface area contributed by atoms with Crippen LogP contribution in [0.15, 0.2) is 30.3 Å². The molecule has 0 heterocycles. The van der Waals surface area contributed by atoms with Crippen LogP contribution in [0.5, 0.6) is 0 Å². The topological polar surface area (TPSA) is 12.0 Å². The SMILES string of the molecule is Br.CCCCCCCCCCCCCCCCc1ccccc1.CNC. The highest BCUT2D eigenvalue weighted by Crippen LogP contribution is 2.13. The highest BCUT2D eigenvalue weighted by molar-refractivity contribution is 8.93. The molecule has 154 valence electrons. The smallest absolute Gasteiger partial charge is 0.0167 e. The molecule has 1 aromatic rings. The van der Waals surface area contributed by atoms with Crippen LogP contribution in [-0.2, 0) is 6.42 Å². The lowest BCUT2D eigenvalue weighted by Crippen LogP contribution is -1.89. The first-order chi connectivity index (χ1) is 12.3. The first-order valence-corrected chi connectivity index (χ1v) is 11.0. The normalized spacial score (nSPS) is 9.96. The molecule has 0 spiro atoms. The second kappa shape index (κ2) is 24.7. The van der Waals surface area contributed by atoms with Crippen LogP contribution in [-0.4, -0.2) is 14.1 Å². The van der Waals surface area contributed by atoms with Crippen molar-refractivity contribution in [1.29, 1.82) is 0 Å². The van der Waals surface area contributed by atoms with Gasteiger partial charge in [0, 0.05) is 0 Å². The van der Waals surface area contributed by atoms with Crippen molar-refractivity contribution in [2.75, 3.05) is 14.1 Å². The Labute approximate surface area is 175 Å². The minimum Gasteiger partial charge on any atom is -0.323 e. The Morgan fingerprint density at radius 1 is 0.577 bits per heavy atom. The van der Waals surface area contributed by atoms with E-state index in [-0.39, 0.29) is 17.0 Å². The number of benzene rings is 1. The van der Waals surface area contributed by atoms with Gasteiger partial charge in [-0.3, -0.25) is 0 Å². The fourth-order valence-electron chi connectivity index (χ4n) is 3.17. The van der Waals surface area contributed by atoms with E-state index in [1.165, 1.54) is 102 Å². The van der Waals surface area contributed by atoms with Crippen LogP contribution >= 0.6 is 17.0 Å². The van der Waals surface area contributed by atoms with Crippen molar-refractivity contribution in [3.8, 4) is 0 Å². The standard InChI is InChI=1S/C22H38.C2H7N.BrH/c1-2-3-4-5-6-7-8-9-10-11-12-13-14-16-19-22-20-17-15-18-21-22;1-3-2;/h15,17-18,20-21H,2-14,16,19H2,1H3;3H,1-2H3;1H. The van der Waals surface area contributed by atoms with Crippen molar-refractivity contribution in [2.45, 2.75) is 103 Å². The van der Waals surface area contributed by atoms with Gasteiger partial charge in [0.25, 0.3) is 0 Å². The van der Waals surface area contributed by atoms with Gasteiger partial charge in [-0.25, -0.2) is 0 Å². The zero-order valence-electron chi connectivity index (χ0n) is 17.9. The molecular formula is C24H46BrN. The fourth-order valence-corrected chi connectivity index (χ4v) is 3.17. The number of halogens is 1. The lowest BCUT2D eigenvalue weighted by Gasteiger charge is -2.03. The molecule has 1 rings (SSSR count). The maximum atomic E-state index is 2.75. The number of rotatable bonds is 15. The number of hydrogen-bond acceptors (Lipinski definition) is 1. The van der Waals surface area contributed by atoms with E-state index in [0.717, 1.165) is 0 Å². The van der Waals surface area contributed by atoms with Crippen molar-refractivity contribution in [1.82, 2.24) is 5.32 Å². The van der Waals surface area contributed by atoms with Crippen LogP contribution in [0, 0.1) is 0 Å². The van der Waals surface area contributed by atoms with E-state index >= 15 is 0 Å². The molecule has 26 heavy (non-hydrogen) atoms. The van der Waals surface area contributed by atoms with Crippen LogP contribution < -0.4 is 5.32 Å². The third-order valence-corrected chi connectivity index (χ3v) is 4.66. The monoisotopic (exact) mass is 427 g/mol. The maximum absolute atomic E-state index is 2.75. The van der Waals surface area contributed by atoms with Gasteiger partial charge >= 0.3 is 0 Å². The molecule has 0 aromatic heterocycles. The van der Waals surface area contributed by atoms with Gasteiger partial charge in [-0.05, 0) is 32.5 Å². The molecule has 0 amide bonds. The van der Waals surface area contributed by atoms with Crippen molar-refractivity contribution < 1.29 is 0 Å². The number of hydrogen-bond donors (Lipinski definition) is 1. The molecule has 1 N–H and O–H groups in total. The summed E-state index contributed by atoms with van der Waals surface area (Å²) >= 11 is 0. The van der Waals surface area contributed by atoms with Gasteiger partial charge in [0.05, 0.1) is 0 Å². The lowest BCUT2D eigenvalue weighted by molar-refractivity contribution is 0.535. The number of nitrogens with one attached hydrogen (secondary N) is 1. The number of aryl methyl sites for hydroxylation is 1. The van der Waals surface area contributed by atoms with E-state index in [0.29, 0.717) is 0 Å². The molecule has 0 fully saturated rings. The highest BCUT2D eigenvalue weighted by atomic mass is 79.9. The summed E-state index contributed by atoms with van der Waals surface area (Å²) in [5, 5.41) is 2.75. The molecule has 0 aliphatic carbocycles. The Kier molecular flexibility index (Phi) is 26.4. The van der Waals surface area contributed by atoms with Gasteiger partial charge in [0.1, 0.15) is 0 Å². The van der Waals surface area contributed by atoms with Gasteiger partial charge in [-0.15, -0.1) is 17.0 Å². The lowest BCUT2D eigenvalue weighted by atomic mass is 10.0. The third kappa shape index (κ3) is 21.7. The first kappa shape index (κ1) is 27.9. The van der Waals surface area contributed by atoms with Gasteiger partial charge in [-0.1, -0.05) is 121 Å². The maximum Gasteiger partial charge on any atom is -0.0167 e. The predicted molar refractivity (Wildman–Crippen MR) is 126 cm³/mol. The quantitative estimate of drug-likeness (QED) is 0.278. The van der Waals surface area contributed by atoms with Crippen LogP contribution in [0.2, 0.25) is 0 Å². The van der Waals surface area contributed by atoms with Crippen molar-refractivity contribution >= 4 is 17.0 Å². The van der Waals surface area contributed by atoms with E-state index in [4.69, 9.17) is 0 Å². The largest absolute Gasteiger partial charge is 0.323 e. The van der Waals surface area contributed by atoms with E-state index in [1.807, 2.05) is 14.1 Å². The fraction of sp³-hybridized carbons (Fsp3) is 0.750. The molecule has 0 aliphatic heterocycles. The molecule has 0 aliphatic rings. The summed E-state index contributed by atoms with van der Waals surface area (Å²) in [6.45, 7) is 2.29. The average molecular weight is 429 g/mol. The molecule has 2 heteroatoms. The number of unbranched alkanes of at least 4 members (excludes halogenated alkanes) is 13. The Bertz CT molecular complexity index is 339. The van der Waals surface area contributed by atoms with E-state index in [1.54, 1.807) is 0 Å². The Morgan fingerprint density at radius 3 is 1.31 bits per heavy atom. The summed E-state index contributed by atoms with van der Waals surface area (Å²) in [6.07, 6.45) is 21.5. The van der Waals surface area contributed by atoms with Gasteiger partial charge in [0.15, 0.2) is 0 Å². The summed E-state index contributed by atoms with van der Waals surface area (Å²) in [6, 6.07) is 10.9. The minimum absolute atomic E-state index is 0. The van der Waals surface area contributed by atoms with Gasteiger partial charge in [-0.2, -0.15) is 0 Å². The second-order valence-corrected chi connectivity index (χ2v) is 7.33. The Morgan fingerprint density at radius 2 is 0.923 bits per heavy atom. The van der Waals surface area contributed by atoms with Gasteiger partial charge < -0.3 is 5.32 Å². The average Bonchev–Trinajstić information content (AvgIpc) is 2.63. The molecule has 0 saturated carbocycles. The van der Waals surface area contributed by atoms with Crippen LogP contribution in [0.1, 0.15) is 102 Å². The summed E-state index contributed by atoms with van der Waals surface area (Å²) in [4.78, 5) is 0. The summed E-state index contributed by atoms with van der Waals surface area (Å²) in [7, 11) is 3.75. The van der Waals surface area contributed by atoms with E-state index < -0.39 is 0 Å². The zero-order chi connectivity index (χ0) is 18.4. The third-order valence-electron chi connectivity index (χ3n) is 4.66. The molecular weight excluding hydrogens is 382 g/mol. The predicted octanol–water partition coefficient (Wildman–Crippen LogP) is 8.12. The summed E-state index contributed by atoms with van der Waals surface area (Å²) in [5.74, 6) is 0. The first-order valence-electron chi connectivity index (χ1n) is 11.0. The van der Waals surface area contributed by atoms with Crippen molar-refractivity contribution in [3.05, 3.63) is 35.9 Å². The minimum atomic E-state index is 0. The molecule has 1 nitrogen and oxygen atoms in total. The molecule has 0 bridgehead atoms. The molecule has 0 atom stereocenters. The molecule has 0 unspecified atom stereocenters. The second-order valence-electron chi connectivity index (χ2n) is 7.33. The van der Waals surface area contributed by atoms with Crippen LogP contribution in [0.4, 0.5) is 0 Å². The summed E-state index contributed by atoms with van der Waals surface area (Å²) < 4.78 is 0. The molecule has 0 saturated heterocycles. The Hall–Kier alpha value is -0.340. The molecule has 0 radical (unpaired) electrons. The van der Waals surface area contributed by atoms with E-state index in [2.05, 4.69) is 42.6 Å². The zero-order valence-corrected chi connectivity index (χ0v) is 19.6. The van der Waals surface area contributed by atoms with Crippen LogP contribution in [0.3, 0.4) is 0 Å². The summed E-state index contributed by atoms with van der Waals surface area (Å²) in [5.41, 5.74) is 1.50. The van der Waals surface area contributed by atoms with Gasteiger partial charge in [0.2, 0.25) is 0 Å². The highest BCUT2D eigenvalue weighted by Gasteiger charge is 1.95. The van der Waals surface area contributed by atoms with Crippen molar-refractivity contribution in [2.24, 2.45) is 0 Å². The Balaban J connectivity index is 0. The van der Waals surface area contributed by atoms with Crippen molar-refractivity contribution in [3.63, 3.8) is 0 Å².